The third kappa shape index (κ3) is 2.50. The summed E-state index contributed by atoms with van der Waals surface area (Å²) in [5.41, 5.74) is 1.70. The van der Waals surface area contributed by atoms with Crippen LogP contribution in [0.3, 0.4) is 0 Å². The third-order valence-electron chi connectivity index (χ3n) is 3.75. The summed E-state index contributed by atoms with van der Waals surface area (Å²) in [6, 6.07) is 14.0. The number of benzene rings is 1. The Morgan fingerprint density at radius 1 is 1.08 bits per heavy atom. The Bertz CT molecular complexity index is 1070. The standard InChI is InChI=1S/C18H13N3O3/c22-17(20-12-3-5-14-11(10-12)7-8-19-14)13-4-6-15(21-18(13)23)16-2-1-9-24-16/h1-10,19H,(H,20,22)(H,21,23). The second-order valence-corrected chi connectivity index (χ2v) is 5.33. The van der Waals surface area contributed by atoms with Gasteiger partial charge in [0.25, 0.3) is 11.5 Å². The molecule has 6 heteroatoms. The van der Waals surface area contributed by atoms with E-state index in [0.717, 1.165) is 10.9 Å². The SMILES string of the molecule is O=C(Nc1ccc2[nH]ccc2c1)c1ccc(-c2ccco2)[nH]c1=O. The molecule has 118 valence electrons. The predicted molar refractivity (Wildman–Crippen MR) is 91.0 cm³/mol. The van der Waals surface area contributed by atoms with Crippen LogP contribution in [0.1, 0.15) is 10.4 Å². The number of aromatic amines is 2. The minimum absolute atomic E-state index is 0.0412. The molecule has 1 amide bonds. The molecule has 0 bridgehead atoms. The number of hydrogen-bond acceptors (Lipinski definition) is 3. The van der Waals surface area contributed by atoms with E-state index in [1.807, 2.05) is 24.4 Å². The number of anilines is 1. The van der Waals surface area contributed by atoms with Crippen LogP contribution in [0.4, 0.5) is 5.69 Å². The van der Waals surface area contributed by atoms with Gasteiger partial charge in [-0.3, -0.25) is 9.59 Å². The Hall–Kier alpha value is -3.54. The molecule has 1 aromatic carbocycles. The van der Waals surface area contributed by atoms with Gasteiger partial charge < -0.3 is 19.7 Å². The maximum Gasteiger partial charge on any atom is 0.261 e. The van der Waals surface area contributed by atoms with Gasteiger partial charge in [-0.15, -0.1) is 0 Å². The van der Waals surface area contributed by atoms with Gasteiger partial charge in [0.1, 0.15) is 11.3 Å². The molecule has 3 N–H and O–H groups in total. The Morgan fingerprint density at radius 2 is 2.00 bits per heavy atom. The van der Waals surface area contributed by atoms with Crippen molar-refractivity contribution in [3.8, 4) is 11.5 Å². The van der Waals surface area contributed by atoms with Gasteiger partial charge in [-0.1, -0.05) is 0 Å². The molecule has 0 atom stereocenters. The first-order chi connectivity index (χ1) is 11.7. The van der Waals surface area contributed by atoms with Crippen molar-refractivity contribution in [2.45, 2.75) is 0 Å². The van der Waals surface area contributed by atoms with Gasteiger partial charge in [-0.05, 0) is 48.5 Å². The van der Waals surface area contributed by atoms with Gasteiger partial charge in [-0.25, -0.2) is 0 Å². The maximum absolute atomic E-state index is 12.3. The van der Waals surface area contributed by atoms with Crippen LogP contribution in [0.2, 0.25) is 0 Å². The van der Waals surface area contributed by atoms with Gasteiger partial charge >= 0.3 is 0 Å². The summed E-state index contributed by atoms with van der Waals surface area (Å²) in [7, 11) is 0. The number of fused-ring (bicyclic) bond motifs is 1. The minimum atomic E-state index is -0.468. The fourth-order valence-electron chi connectivity index (χ4n) is 2.56. The number of hydrogen-bond donors (Lipinski definition) is 3. The van der Waals surface area contributed by atoms with E-state index in [9.17, 15) is 9.59 Å². The van der Waals surface area contributed by atoms with E-state index in [2.05, 4.69) is 15.3 Å². The molecule has 3 heterocycles. The molecule has 0 aliphatic heterocycles. The van der Waals surface area contributed by atoms with E-state index in [-0.39, 0.29) is 5.56 Å². The number of pyridine rings is 1. The molecule has 0 unspecified atom stereocenters. The quantitative estimate of drug-likeness (QED) is 0.540. The molecular formula is C18H13N3O3. The summed E-state index contributed by atoms with van der Waals surface area (Å²) in [4.78, 5) is 30.3. The van der Waals surface area contributed by atoms with Crippen LogP contribution in [-0.4, -0.2) is 15.9 Å². The molecule has 0 aliphatic carbocycles. The molecule has 6 nitrogen and oxygen atoms in total. The molecular weight excluding hydrogens is 306 g/mol. The summed E-state index contributed by atoms with van der Waals surface area (Å²) in [6.45, 7) is 0. The molecule has 0 aliphatic rings. The molecule has 0 fully saturated rings. The summed E-state index contributed by atoms with van der Waals surface area (Å²) in [5.74, 6) is 0.0779. The van der Waals surface area contributed by atoms with Crippen LogP contribution in [0.5, 0.6) is 0 Å². The van der Waals surface area contributed by atoms with Gasteiger partial charge in [-0.2, -0.15) is 0 Å². The smallest absolute Gasteiger partial charge is 0.261 e. The van der Waals surface area contributed by atoms with Gasteiger partial charge in [0.15, 0.2) is 0 Å². The Kier molecular flexibility index (Phi) is 3.28. The zero-order valence-electron chi connectivity index (χ0n) is 12.5. The first-order valence-corrected chi connectivity index (χ1v) is 7.36. The highest BCUT2D eigenvalue weighted by Crippen LogP contribution is 2.19. The van der Waals surface area contributed by atoms with Crippen LogP contribution in [0, 0.1) is 0 Å². The number of amides is 1. The predicted octanol–water partition coefficient (Wildman–Crippen LogP) is 3.37. The second-order valence-electron chi connectivity index (χ2n) is 5.33. The molecule has 0 saturated heterocycles. The number of H-pyrrole nitrogens is 2. The van der Waals surface area contributed by atoms with Crippen molar-refractivity contribution in [2.75, 3.05) is 5.32 Å². The number of nitrogens with one attached hydrogen (secondary N) is 3. The highest BCUT2D eigenvalue weighted by Gasteiger charge is 2.13. The molecule has 0 spiro atoms. The summed E-state index contributed by atoms with van der Waals surface area (Å²) in [5, 5.41) is 3.72. The lowest BCUT2D eigenvalue weighted by molar-refractivity contribution is 0.102. The maximum atomic E-state index is 12.3. The van der Waals surface area contributed by atoms with Crippen molar-refractivity contribution in [3.05, 3.63) is 76.9 Å². The summed E-state index contributed by atoms with van der Waals surface area (Å²) in [6.07, 6.45) is 3.35. The van der Waals surface area contributed by atoms with Crippen molar-refractivity contribution in [2.24, 2.45) is 0 Å². The van der Waals surface area contributed by atoms with E-state index in [0.29, 0.717) is 17.1 Å². The Balaban J connectivity index is 1.61. The highest BCUT2D eigenvalue weighted by atomic mass is 16.3. The van der Waals surface area contributed by atoms with Crippen LogP contribution in [0.15, 0.2) is 70.2 Å². The zero-order chi connectivity index (χ0) is 16.5. The molecule has 3 aromatic heterocycles. The average Bonchev–Trinajstić information content (AvgIpc) is 3.25. The number of aromatic nitrogens is 2. The number of rotatable bonds is 3. The average molecular weight is 319 g/mol. The molecule has 0 saturated carbocycles. The van der Waals surface area contributed by atoms with E-state index < -0.39 is 11.5 Å². The third-order valence-corrected chi connectivity index (χ3v) is 3.75. The fourth-order valence-corrected chi connectivity index (χ4v) is 2.56. The number of carbonyl (C=O) groups is 1. The largest absolute Gasteiger partial charge is 0.463 e. The van der Waals surface area contributed by atoms with Crippen molar-refractivity contribution >= 4 is 22.5 Å². The van der Waals surface area contributed by atoms with Crippen LogP contribution < -0.4 is 10.9 Å². The first-order valence-electron chi connectivity index (χ1n) is 7.36. The van der Waals surface area contributed by atoms with E-state index in [1.54, 1.807) is 24.3 Å². The van der Waals surface area contributed by atoms with E-state index in [4.69, 9.17) is 4.42 Å². The minimum Gasteiger partial charge on any atom is -0.463 e. The highest BCUT2D eigenvalue weighted by molar-refractivity contribution is 6.05. The van der Waals surface area contributed by atoms with E-state index in [1.165, 1.54) is 12.3 Å². The molecule has 24 heavy (non-hydrogen) atoms. The lowest BCUT2D eigenvalue weighted by Crippen LogP contribution is -2.23. The first kappa shape index (κ1) is 14.1. The Morgan fingerprint density at radius 3 is 2.79 bits per heavy atom. The van der Waals surface area contributed by atoms with Gasteiger partial charge in [0.05, 0.1) is 12.0 Å². The van der Waals surface area contributed by atoms with E-state index >= 15 is 0 Å². The Labute approximate surface area is 136 Å². The van der Waals surface area contributed by atoms with Crippen molar-refractivity contribution in [3.63, 3.8) is 0 Å². The van der Waals surface area contributed by atoms with Crippen LogP contribution >= 0.6 is 0 Å². The van der Waals surface area contributed by atoms with Gasteiger partial charge in [0, 0.05) is 22.8 Å². The molecule has 4 aromatic rings. The van der Waals surface area contributed by atoms with Crippen LogP contribution in [0.25, 0.3) is 22.4 Å². The van der Waals surface area contributed by atoms with Crippen molar-refractivity contribution in [1.82, 2.24) is 9.97 Å². The zero-order valence-corrected chi connectivity index (χ0v) is 12.5. The number of furan rings is 1. The van der Waals surface area contributed by atoms with Crippen molar-refractivity contribution in [1.29, 1.82) is 0 Å². The fraction of sp³-hybridized carbons (Fsp3) is 0. The van der Waals surface area contributed by atoms with Crippen molar-refractivity contribution < 1.29 is 9.21 Å². The summed E-state index contributed by atoms with van der Waals surface area (Å²) >= 11 is 0. The lowest BCUT2D eigenvalue weighted by atomic mass is 10.2. The second kappa shape index (κ2) is 5.58. The normalized spacial score (nSPS) is 10.8. The monoisotopic (exact) mass is 319 g/mol. The number of carbonyl (C=O) groups excluding carboxylic acids is 1. The van der Waals surface area contributed by atoms with Crippen LogP contribution in [-0.2, 0) is 0 Å². The topological polar surface area (TPSA) is 90.9 Å². The van der Waals surface area contributed by atoms with Gasteiger partial charge in [0.2, 0.25) is 0 Å². The summed E-state index contributed by atoms with van der Waals surface area (Å²) < 4.78 is 5.23. The molecule has 0 radical (unpaired) electrons. The lowest BCUT2D eigenvalue weighted by Gasteiger charge is -2.06. The molecule has 4 rings (SSSR count).